The molecule has 0 aliphatic carbocycles. The Morgan fingerprint density at radius 1 is 1.08 bits per heavy atom. The molecule has 3 aromatic heterocycles. The van der Waals surface area contributed by atoms with Crippen LogP contribution in [0.4, 0.5) is 0 Å². The van der Waals surface area contributed by atoms with Gasteiger partial charge in [-0.15, -0.1) is 11.3 Å². The quantitative estimate of drug-likeness (QED) is 0.531. The first-order chi connectivity index (χ1) is 11.8. The summed E-state index contributed by atoms with van der Waals surface area (Å²) in [7, 11) is 0. The minimum absolute atomic E-state index is 0.288. The monoisotopic (exact) mass is 350 g/mol. The fourth-order valence-corrected chi connectivity index (χ4v) is 3.76. The number of thiazole rings is 1. The molecule has 0 spiro atoms. The average molecular weight is 351 g/mol. The Bertz CT molecular complexity index is 1040. The van der Waals surface area contributed by atoms with Gasteiger partial charge in [0, 0.05) is 28.4 Å². The van der Waals surface area contributed by atoms with Gasteiger partial charge in [0.05, 0.1) is 29.6 Å². The van der Waals surface area contributed by atoms with E-state index in [-0.39, 0.29) is 6.42 Å². The van der Waals surface area contributed by atoms with Gasteiger partial charge in [-0.25, -0.2) is 4.98 Å². The summed E-state index contributed by atoms with van der Waals surface area (Å²) in [5, 5.41) is 12.0. The number of halogens is 1. The molecule has 0 aliphatic heterocycles. The minimum Gasteiger partial charge on any atom is -0.286 e. The van der Waals surface area contributed by atoms with Gasteiger partial charge in [0.1, 0.15) is 0 Å². The van der Waals surface area contributed by atoms with Crippen molar-refractivity contribution in [1.82, 2.24) is 14.4 Å². The van der Waals surface area contributed by atoms with Crippen LogP contribution in [0, 0.1) is 11.3 Å². The van der Waals surface area contributed by atoms with Crippen molar-refractivity contribution in [3.63, 3.8) is 0 Å². The molecule has 0 amide bonds. The van der Waals surface area contributed by atoms with Gasteiger partial charge in [-0.3, -0.25) is 9.38 Å². The second-order valence-electron chi connectivity index (χ2n) is 5.22. The number of benzene rings is 1. The molecule has 3 heterocycles. The van der Waals surface area contributed by atoms with Crippen molar-refractivity contribution in [2.75, 3.05) is 0 Å². The van der Waals surface area contributed by atoms with E-state index in [9.17, 15) is 5.26 Å². The lowest BCUT2D eigenvalue weighted by Crippen LogP contribution is -1.95. The van der Waals surface area contributed by atoms with Crippen molar-refractivity contribution in [2.45, 2.75) is 6.42 Å². The zero-order chi connectivity index (χ0) is 16.5. The summed E-state index contributed by atoms with van der Waals surface area (Å²) in [6.45, 7) is 0. The summed E-state index contributed by atoms with van der Waals surface area (Å²) in [6.07, 6.45) is 3.76. The fraction of sp³-hybridized carbons (Fsp3) is 0.0556. The molecule has 4 nitrogen and oxygen atoms in total. The normalized spacial score (nSPS) is 10.8. The lowest BCUT2D eigenvalue weighted by atomic mass is 10.1. The zero-order valence-electron chi connectivity index (χ0n) is 12.5. The molecule has 4 aromatic rings. The Morgan fingerprint density at radius 2 is 1.83 bits per heavy atom. The van der Waals surface area contributed by atoms with Crippen molar-refractivity contribution in [2.24, 2.45) is 0 Å². The molecule has 0 radical (unpaired) electrons. The van der Waals surface area contributed by atoms with Crippen LogP contribution in [0.3, 0.4) is 0 Å². The van der Waals surface area contributed by atoms with Gasteiger partial charge in [-0.2, -0.15) is 5.26 Å². The first kappa shape index (κ1) is 14.9. The van der Waals surface area contributed by atoms with Crippen LogP contribution < -0.4 is 0 Å². The van der Waals surface area contributed by atoms with E-state index in [4.69, 9.17) is 16.6 Å². The van der Waals surface area contributed by atoms with Gasteiger partial charge in [0.2, 0.25) is 0 Å². The highest BCUT2D eigenvalue weighted by Gasteiger charge is 2.18. The Morgan fingerprint density at radius 3 is 2.54 bits per heavy atom. The molecule has 0 aliphatic rings. The average Bonchev–Trinajstić information content (AvgIpc) is 3.17. The van der Waals surface area contributed by atoms with Crippen LogP contribution in [0.1, 0.15) is 5.69 Å². The highest BCUT2D eigenvalue weighted by Crippen LogP contribution is 2.33. The van der Waals surface area contributed by atoms with E-state index in [1.165, 1.54) is 0 Å². The second kappa shape index (κ2) is 6.08. The molecule has 0 N–H and O–H groups in total. The minimum atomic E-state index is 0.288. The van der Waals surface area contributed by atoms with E-state index >= 15 is 0 Å². The summed E-state index contributed by atoms with van der Waals surface area (Å²) in [6, 6.07) is 13.8. The van der Waals surface area contributed by atoms with Gasteiger partial charge >= 0.3 is 0 Å². The molecule has 0 unspecified atom stereocenters. The molecule has 4 rings (SSSR count). The summed E-state index contributed by atoms with van der Waals surface area (Å²) in [4.78, 5) is 9.67. The smallest absolute Gasteiger partial charge is 0.194 e. The molecule has 116 valence electrons. The first-order valence-electron chi connectivity index (χ1n) is 7.30. The molecule has 0 bridgehead atoms. The number of hydrogen-bond donors (Lipinski definition) is 0. The first-order valence-corrected chi connectivity index (χ1v) is 8.56. The van der Waals surface area contributed by atoms with Gasteiger partial charge in [0.25, 0.3) is 0 Å². The molecule has 1 aromatic carbocycles. The van der Waals surface area contributed by atoms with Crippen LogP contribution in [0.5, 0.6) is 0 Å². The molecule has 0 atom stereocenters. The molecular formula is C18H11ClN4S. The fourth-order valence-electron chi connectivity index (χ4n) is 2.72. The van der Waals surface area contributed by atoms with Crippen molar-refractivity contribution < 1.29 is 0 Å². The summed E-state index contributed by atoms with van der Waals surface area (Å²) in [5.41, 5.74) is 4.76. The largest absolute Gasteiger partial charge is 0.286 e. The summed E-state index contributed by atoms with van der Waals surface area (Å²) in [5.74, 6) is 0. The van der Waals surface area contributed by atoms with Gasteiger partial charge in [-0.1, -0.05) is 23.7 Å². The topological polar surface area (TPSA) is 54.0 Å². The van der Waals surface area contributed by atoms with E-state index in [1.54, 1.807) is 23.7 Å². The molecule has 0 saturated heterocycles. The van der Waals surface area contributed by atoms with Crippen molar-refractivity contribution in [3.05, 3.63) is 64.9 Å². The highest BCUT2D eigenvalue weighted by molar-refractivity contribution is 7.15. The Hall–Kier alpha value is -2.68. The second-order valence-corrected chi connectivity index (χ2v) is 6.50. The van der Waals surface area contributed by atoms with Crippen LogP contribution in [-0.4, -0.2) is 14.4 Å². The lowest BCUT2D eigenvalue weighted by molar-refractivity contribution is 1.08. The maximum absolute atomic E-state index is 9.29. The number of hydrogen-bond acceptors (Lipinski definition) is 4. The third-order valence-corrected chi connectivity index (χ3v) is 4.88. The molecule has 0 saturated carbocycles. The van der Waals surface area contributed by atoms with E-state index in [1.807, 2.05) is 36.4 Å². The van der Waals surface area contributed by atoms with E-state index in [0.717, 1.165) is 33.2 Å². The number of nitrogens with zero attached hydrogens (tertiary/aromatic N) is 4. The third-order valence-electron chi connectivity index (χ3n) is 3.80. The lowest BCUT2D eigenvalue weighted by Gasteiger charge is -2.05. The molecule has 0 fully saturated rings. The molecule has 6 heteroatoms. The van der Waals surface area contributed by atoms with Crippen molar-refractivity contribution >= 4 is 27.9 Å². The van der Waals surface area contributed by atoms with E-state index in [0.29, 0.717) is 5.02 Å². The Balaban J connectivity index is 1.96. The standard InChI is InChI=1S/C18H11ClN4S/c19-14-3-1-12(2-4-14)16-11-24-18-22-17(13-6-9-21-10-7-13)15(5-8-20)23(16)18/h1-4,6-7,9-11H,5H2. The van der Waals surface area contributed by atoms with Crippen LogP contribution in [-0.2, 0) is 6.42 Å². The summed E-state index contributed by atoms with van der Waals surface area (Å²) < 4.78 is 2.06. The number of rotatable bonds is 3. The number of fused-ring (bicyclic) bond motifs is 1. The molecular weight excluding hydrogens is 340 g/mol. The van der Waals surface area contributed by atoms with Crippen LogP contribution in [0.25, 0.3) is 27.5 Å². The Labute approximate surface area is 147 Å². The molecule has 24 heavy (non-hydrogen) atoms. The highest BCUT2D eigenvalue weighted by atomic mass is 35.5. The predicted molar refractivity (Wildman–Crippen MR) is 96.1 cm³/mol. The SMILES string of the molecule is N#CCc1c(-c2ccncc2)nc2scc(-c3ccc(Cl)cc3)n12. The van der Waals surface area contributed by atoms with Crippen LogP contribution in [0.15, 0.2) is 54.2 Å². The maximum atomic E-state index is 9.29. The number of aromatic nitrogens is 3. The zero-order valence-corrected chi connectivity index (χ0v) is 14.1. The van der Waals surface area contributed by atoms with Crippen LogP contribution in [0.2, 0.25) is 5.02 Å². The van der Waals surface area contributed by atoms with Crippen molar-refractivity contribution in [3.8, 4) is 28.6 Å². The van der Waals surface area contributed by atoms with Gasteiger partial charge in [-0.05, 0) is 29.8 Å². The number of nitriles is 1. The van der Waals surface area contributed by atoms with Crippen LogP contribution >= 0.6 is 22.9 Å². The van der Waals surface area contributed by atoms with Crippen molar-refractivity contribution in [1.29, 1.82) is 5.26 Å². The third kappa shape index (κ3) is 2.46. The van der Waals surface area contributed by atoms with Gasteiger partial charge in [0.15, 0.2) is 4.96 Å². The van der Waals surface area contributed by atoms with Gasteiger partial charge < -0.3 is 0 Å². The number of pyridine rings is 1. The Kier molecular flexibility index (Phi) is 3.77. The maximum Gasteiger partial charge on any atom is 0.194 e. The predicted octanol–water partition coefficient (Wildman–Crippen LogP) is 4.84. The summed E-state index contributed by atoms with van der Waals surface area (Å²) >= 11 is 7.55. The van der Waals surface area contributed by atoms with E-state index < -0.39 is 0 Å². The van der Waals surface area contributed by atoms with E-state index in [2.05, 4.69) is 20.8 Å². The number of imidazole rings is 1.